The second-order valence-electron chi connectivity index (χ2n) is 7.36. The molecule has 30 heavy (non-hydrogen) atoms. The number of nitrogens with one attached hydrogen (secondary N) is 2. The summed E-state index contributed by atoms with van der Waals surface area (Å²) in [5, 5.41) is 5.88. The number of para-hydroxylation sites is 1. The quantitative estimate of drug-likeness (QED) is 0.797. The molecule has 0 unspecified atom stereocenters. The van der Waals surface area contributed by atoms with Crippen LogP contribution in [0.2, 0.25) is 0 Å². The Labute approximate surface area is 175 Å². The van der Waals surface area contributed by atoms with Crippen molar-refractivity contribution in [1.29, 1.82) is 0 Å². The highest BCUT2D eigenvalue weighted by atomic mass is 16.5. The van der Waals surface area contributed by atoms with Crippen LogP contribution < -0.4 is 15.5 Å². The number of hydrogen-bond acceptors (Lipinski definition) is 6. The Balaban J connectivity index is 1.32. The lowest BCUT2D eigenvalue weighted by molar-refractivity contribution is 0.0303. The lowest BCUT2D eigenvalue weighted by Crippen LogP contribution is -2.46. The number of hydrogen-bond donors (Lipinski definition) is 2. The summed E-state index contributed by atoms with van der Waals surface area (Å²) in [6.07, 6.45) is 5.07. The number of carbonyl (C=O) groups is 2. The Morgan fingerprint density at radius 2 is 1.67 bits per heavy atom. The van der Waals surface area contributed by atoms with E-state index in [0.717, 1.165) is 31.9 Å². The summed E-state index contributed by atoms with van der Waals surface area (Å²) in [5.41, 5.74) is 1.01. The van der Waals surface area contributed by atoms with E-state index in [1.54, 1.807) is 41.6 Å². The smallest absolute Gasteiger partial charge is 0.319 e. The molecule has 9 nitrogen and oxygen atoms in total. The zero-order valence-electron chi connectivity index (χ0n) is 16.8. The van der Waals surface area contributed by atoms with E-state index in [2.05, 4.69) is 25.5 Å². The summed E-state index contributed by atoms with van der Waals surface area (Å²) in [6.45, 7) is 3.75. The number of urea groups is 1. The fourth-order valence-corrected chi connectivity index (χ4v) is 3.74. The highest BCUT2D eigenvalue weighted by Crippen LogP contribution is 2.19. The van der Waals surface area contributed by atoms with Crippen molar-refractivity contribution >= 4 is 23.6 Å². The van der Waals surface area contributed by atoms with E-state index in [9.17, 15) is 9.59 Å². The minimum Gasteiger partial charge on any atom is -0.378 e. The normalized spacial score (nSPS) is 17.5. The number of piperidine rings is 1. The average molecular weight is 410 g/mol. The van der Waals surface area contributed by atoms with Gasteiger partial charge in [-0.3, -0.25) is 4.79 Å². The van der Waals surface area contributed by atoms with Crippen LogP contribution in [-0.4, -0.2) is 72.2 Å². The first kappa shape index (κ1) is 20.1. The highest BCUT2D eigenvalue weighted by molar-refractivity contribution is 6.03. The fourth-order valence-electron chi connectivity index (χ4n) is 3.74. The number of amides is 3. The molecule has 0 spiro atoms. The minimum atomic E-state index is -0.299. The topological polar surface area (TPSA) is 99.7 Å². The van der Waals surface area contributed by atoms with Crippen LogP contribution in [0.5, 0.6) is 0 Å². The fraction of sp³-hybridized carbons (Fsp3) is 0.429. The first-order valence-corrected chi connectivity index (χ1v) is 10.3. The summed E-state index contributed by atoms with van der Waals surface area (Å²) in [5.74, 6) is 0.626. The van der Waals surface area contributed by atoms with Gasteiger partial charge in [-0.1, -0.05) is 12.1 Å². The van der Waals surface area contributed by atoms with E-state index < -0.39 is 0 Å². The monoisotopic (exact) mass is 410 g/mol. The SMILES string of the molecule is O=C(Nc1ccccc1C(=O)N1CCOCC1)NC1CCN(c2ncccn2)CC1. The van der Waals surface area contributed by atoms with Gasteiger partial charge in [0.25, 0.3) is 5.91 Å². The third-order valence-corrected chi connectivity index (χ3v) is 5.37. The van der Waals surface area contributed by atoms with Gasteiger partial charge in [-0.05, 0) is 31.0 Å². The number of morpholine rings is 1. The van der Waals surface area contributed by atoms with E-state index in [4.69, 9.17) is 4.74 Å². The van der Waals surface area contributed by atoms with E-state index in [0.29, 0.717) is 37.6 Å². The number of aromatic nitrogens is 2. The molecule has 0 bridgehead atoms. The molecule has 1 aromatic carbocycles. The van der Waals surface area contributed by atoms with Gasteiger partial charge in [0.05, 0.1) is 24.5 Å². The maximum Gasteiger partial charge on any atom is 0.319 e. The van der Waals surface area contributed by atoms with Gasteiger partial charge in [0.15, 0.2) is 0 Å². The van der Waals surface area contributed by atoms with E-state index in [-0.39, 0.29) is 18.0 Å². The van der Waals surface area contributed by atoms with Crippen molar-refractivity contribution in [2.45, 2.75) is 18.9 Å². The molecular weight excluding hydrogens is 384 g/mol. The molecule has 2 aliphatic rings. The standard InChI is InChI=1S/C21H26N6O3/c28-19(26-12-14-30-15-13-26)17-4-1-2-5-18(17)25-21(29)24-16-6-10-27(11-7-16)20-22-8-3-9-23-20/h1-5,8-9,16H,6-7,10-15H2,(H2,24,25,29). The molecule has 2 aliphatic heterocycles. The van der Waals surface area contributed by atoms with Crippen molar-refractivity contribution < 1.29 is 14.3 Å². The Morgan fingerprint density at radius 1 is 0.967 bits per heavy atom. The number of benzene rings is 1. The first-order chi connectivity index (χ1) is 14.7. The minimum absolute atomic E-state index is 0.0621. The summed E-state index contributed by atoms with van der Waals surface area (Å²) in [6, 6.07) is 8.67. The maximum absolute atomic E-state index is 12.8. The molecule has 2 aromatic rings. The Bertz CT molecular complexity index is 864. The molecule has 1 aromatic heterocycles. The third kappa shape index (κ3) is 4.85. The van der Waals surface area contributed by atoms with Gasteiger partial charge in [0.2, 0.25) is 5.95 Å². The van der Waals surface area contributed by atoms with E-state index >= 15 is 0 Å². The molecular formula is C21H26N6O3. The van der Waals surface area contributed by atoms with Crippen LogP contribution >= 0.6 is 0 Å². The van der Waals surface area contributed by atoms with E-state index in [1.807, 2.05) is 6.07 Å². The van der Waals surface area contributed by atoms with Crippen molar-refractivity contribution in [1.82, 2.24) is 20.2 Å². The second-order valence-corrected chi connectivity index (χ2v) is 7.36. The largest absolute Gasteiger partial charge is 0.378 e. The summed E-state index contributed by atoms with van der Waals surface area (Å²) < 4.78 is 5.32. The molecule has 2 saturated heterocycles. The van der Waals surface area contributed by atoms with Gasteiger partial charge in [-0.15, -0.1) is 0 Å². The number of nitrogens with zero attached hydrogens (tertiary/aromatic N) is 4. The number of rotatable bonds is 4. The molecule has 0 atom stereocenters. The Kier molecular flexibility index (Phi) is 6.38. The van der Waals surface area contributed by atoms with Gasteiger partial charge in [0, 0.05) is 44.6 Å². The molecule has 0 radical (unpaired) electrons. The molecule has 3 amide bonds. The van der Waals surface area contributed by atoms with Gasteiger partial charge >= 0.3 is 6.03 Å². The lowest BCUT2D eigenvalue weighted by atomic mass is 10.1. The van der Waals surface area contributed by atoms with Crippen molar-refractivity contribution in [3.63, 3.8) is 0 Å². The van der Waals surface area contributed by atoms with Crippen molar-refractivity contribution in [2.75, 3.05) is 49.6 Å². The maximum atomic E-state index is 12.8. The molecule has 2 N–H and O–H groups in total. The predicted molar refractivity (Wildman–Crippen MR) is 113 cm³/mol. The van der Waals surface area contributed by atoms with Gasteiger partial charge < -0.3 is 25.2 Å². The number of carbonyl (C=O) groups excluding carboxylic acids is 2. The van der Waals surface area contributed by atoms with Crippen molar-refractivity contribution in [2.24, 2.45) is 0 Å². The Hall–Kier alpha value is -3.20. The Morgan fingerprint density at radius 3 is 2.40 bits per heavy atom. The van der Waals surface area contributed by atoms with Crippen molar-refractivity contribution in [3.05, 3.63) is 48.3 Å². The van der Waals surface area contributed by atoms with Crippen LogP contribution in [0.4, 0.5) is 16.4 Å². The lowest BCUT2D eigenvalue weighted by Gasteiger charge is -2.32. The zero-order valence-corrected chi connectivity index (χ0v) is 16.8. The van der Waals surface area contributed by atoms with Crippen LogP contribution in [0, 0.1) is 0 Å². The highest BCUT2D eigenvalue weighted by Gasteiger charge is 2.24. The zero-order chi connectivity index (χ0) is 20.8. The molecule has 0 aliphatic carbocycles. The van der Waals surface area contributed by atoms with Gasteiger partial charge in [-0.2, -0.15) is 0 Å². The van der Waals surface area contributed by atoms with Gasteiger partial charge in [0.1, 0.15) is 0 Å². The molecule has 3 heterocycles. The number of ether oxygens (including phenoxy) is 1. The summed E-state index contributed by atoms with van der Waals surface area (Å²) in [7, 11) is 0. The van der Waals surface area contributed by atoms with Crippen LogP contribution in [0.15, 0.2) is 42.7 Å². The van der Waals surface area contributed by atoms with Crippen LogP contribution in [0.1, 0.15) is 23.2 Å². The van der Waals surface area contributed by atoms with E-state index in [1.165, 1.54) is 0 Å². The summed E-state index contributed by atoms with van der Waals surface area (Å²) >= 11 is 0. The van der Waals surface area contributed by atoms with Crippen molar-refractivity contribution in [3.8, 4) is 0 Å². The molecule has 0 saturated carbocycles. The summed E-state index contributed by atoms with van der Waals surface area (Å²) in [4.78, 5) is 37.9. The second kappa shape index (κ2) is 9.53. The first-order valence-electron chi connectivity index (χ1n) is 10.3. The van der Waals surface area contributed by atoms with Crippen LogP contribution in [0.25, 0.3) is 0 Å². The molecule has 2 fully saturated rings. The molecule has 4 rings (SSSR count). The average Bonchev–Trinajstić information content (AvgIpc) is 2.80. The number of anilines is 2. The molecule has 9 heteroatoms. The predicted octanol–water partition coefficient (Wildman–Crippen LogP) is 1.74. The van der Waals surface area contributed by atoms with Crippen LogP contribution in [-0.2, 0) is 4.74 Å². The van der Waals surface area contributed by atoms with Gasteiger partial charge in [-0.25, -0.2) is 14.8 Å². The molecule has 158 valence electrons. The third-order valence-electron chi connectivity index (χ3n) is 5.37. The van der Waals surface area contributed by atoms with Crippen LogP contribution in [0.3, 0.4) is 0 Å².